The Morgan fingerprint density at radius 3 is 2.70 bits per heavy atom. The molecule has 1 fully saturated rings. The summed E-state index contributed by atoms with van der Waals surface area (Å²) in [6.07, 6.45) is 3.32. The van der Waals surface area contributed by atoms with Gasteiger partial charge in [-0.25, -0.2) is 0 Å². The Bertz CT molecular complexity index is 845. The van der Waals surface area contributed by atoms with Crippen LogP contribution in [0.15, 0.2) is 42.5 Å². The predicted octanol–water partition coefficient (Wildman–Crippen LogP) is 4.02. The standard InChI is InChI=1S/C22H25N3O.ClH/c26-22-20(18-6-1-2-7-19(18)24-22)15-9-12-25(13-10-15)14-17-5-3-4-16-8-11-23-21(16)17;/h1-7,15,20,23H,8-14H2,(H,24,26);1H. The third-order valence-electron chi connectivity index (χ3n) is 6.27. The van der Waals surface area contributed by atoms with E-state index in [0.717, 1.165) is 51.1 Å². The highest BCUT2D eigenvalue weighted by Crippen LogP contribution is 2.41. The predicted molar refractivity (Wildman–Crippen MR) is 112 cm³/mol. The summed E-state index contributed by atoms with van der Waals surface area (Å²) in [5.41, 5.74) is 6.44. The lowest BCUT2D eigenvalue weighted by molar-refractivity contribution is -0.118. The van der Waals surface area contributed by atoms with Crippen molar-refractivity contribution in [2.45, 2.75) is 31.7 Å². The van der Waals surface area contributed by atoms with Crippen LogP contribution in [0.1, 0.15) is 35.4 Å². The summed E-state index contributed by atoms with van der Waals surface area (Å²) in [5.74, 6) is 0.681. The molecule has 3 aliphatic rings. The van der Waals surface area contributed by atoms with E-state index in [2.05, 4.69) is 39.8 Å². The number of carbonyl (C=O) groups is 1. The summed E-state index contributed by atoms with van der Waals surface area (Å²) in [5, 5.41) is 6.61. The van der Waals surface area contributed by atoms with Gasteiger partial charge >= 0.3 is 0 Å². The van der Waals surface area contributed by atoms with Crippen LogP contribution in [-0.4, -0.2) is 30.4 Å². The van der Waals surface area contributed by atoms with Crippen molar-refractivity contribution >= 4 is 29.7 Å². The minimum atomic E-state index is 0. The highest BCUT2D eigenvalue weighted by molar-refractivity contribution is 6.03. The summed E-state index contributed by atoms with van der Waals surface area (Å²) in [4.78, 5) is 15.0. The molecule has 0 aliphatic carbocycles. The zero-order valence-corrected chi connectivity index (χ0v) is 16.2. The van der Waals surface area contributed by atoms with Crippen LogP contribution >= 0.6 is 12.4 Å². The molecule has 1 atom stereocenters. The number of hydrogen-bond acceptors (Lipinski definition) is 3. The van der Waals surface area contributed by atoms with E-state index in [4.69, 9.17) is 0 Å². The molecule has 0 aromatic heterocycles. The molecule has 4 nitrogen and oxygen atoms in total. The van der Waals surface area contributed by atoms with Gasteiger partial charge in [-0.3, -0.25) is 9.69 Å². The maximum Gasteiger partial charge on any atom is 0.232 e. The topological polar surface area (TPSA) is 44.4 Å². The number of halogens is 1. The molecule has 5 heteroatoms. The fraction of sp³-hybridized carbons (Fsp3) is 0.409. The van der Waals surface area contributed by atoms with Gasteiger partial charge in [0.15, 0.2) is 0 Å². The number of rotatable bonds is 3. The average molecular weight is 384 g/mol. The molecule has 0 saturated carbocycles. The zero-order valence-electron chi connectivity index (χ0n) is 15.4. The van der Waals surface area contributed by atoms with E-state index in [9.17, 15) is 4.79 Å². The third kappa shape index (κ3) is 3.32. The molecule has 5 rings (SSSR count). The first-order chi connectivity index (χ1) is 12.8. The van der Waals surface area contributed by atoms with Crippen molar-refractivity contribution in [3.8, 4) is 0 Å². The van der Waals surface area contributed by atoms with E-state index in [-0.39, 0.29) is 24.2 Å². The number of hydrogen-bond donors (Lipinski definition) is 2. The number of para-hydroxylation sites is 2. The summed E-state index contributed by atoms with van der Waals surface area (Å²) in [7, 11) is 0. The van der Waals surface area contributed by atoms with Gasteiger partial charge in [0.2, 0.25) is 5.91 Å². The van der Waals surface area contributed by atoms with Gasteiger partial charge < -0.3 is 10.6 Å². The van der Waals surface area contributed by atoms with Crippen LogP contribution in [0.25, 0.3) is 0 Å². The largest absolute Gasteiger partial charge is 0.384 e. The van der Waals surface area contributed by atoms with Gasteiger partial charge in [0.05, 0.1) is 5.92 Å². The minimum absolute atomic E-state index is 0. The number of nitrogens with one attached hydrogen (secondary N) is 2. The van der Waals surface area contributed by atoms with Crippen LogP contribution in [0.4, 0.5) is 11.4 Å². The number of piperidine rings is 1. The number of amides is 1. The first kappa shape index (κ1) is 18.3. The van der Waals surface area contributed by atoms with Crippen LogP contribution in [-0.2, 0) is 17.8 Å². The molecule has 1 amide bonds. The molecule has 2 aromatic rings. The molecular weight excluding hydrogens is 358 g/mol. The second kappa shape index (κ2) is 7.53. The Balaban J connectivity index is 0.00000180. The molecule has 3 heterocycles. The molecular formula is C22H26ClN3O. The Morgan fingerprint density at radius 1 is 1.04 bits per heavy atom. The van der Waals surface area contributed by atoms with Crippen molar-refractivity contribution in [1.82, 2.24) is 4.90 Å². The van der Waals surface area contributed by atoms with E-state index < -0.39 is 0 Å². The van der Waals surface area contributed by atoms with E-state index in [1.807, 2.05) is 18.2 Å². The van der Waals surface area contributed by atoms with Crippen LogP contribution < -0.4 is 10.6 Å². The Labute approximate surface area is 166 Å². The van der Waals surface area contributed by atoms with E-state index in [1.165, 1.54) is 22.4 Å². The first-order valence-corrected chi connectivity index (χ1v) is 9.76. The van der Waals surface area contributed by atoms with Crippen molar-refractivity contribution < 1.29 is 4.79 Å². The van der Waals surface area contributed by atoms with Gasteiger partial charge in [-0.05, 0) is 61.0 Å². The van der Waals surface area contributed by atoms with Crippen molar-refractivity contribution in [3.05, 3.63) is 59.2 Å². The van der Waals surface area contributed by atoms with Gasteiger partial charge in [0, 0.05) is 24.5 Å². The zero-order chi connectivity index (χ0) is 17.5. The first-order valence-electron chi connectivity index (χ1n) is 9.76. The quantitative estimate of drug-likeness (QED) is 0.841. The maximum absolute atomic E-state index is 12.5. The number of carbonyl (C=O) groups excluding carboxylic acids is 1. The lowest BCUT2D eigenvalue weighted by atomic mass is 9.80. The smallest absolute Gasteiger partial charge is 0.232 e. The molecule has 3 aliphatic heterocycles. The van der Waals surface area contributed by atoms with Gasteiger partial charge in [0.25, 0.3) is 0 Å². The minimum Gasteiger partial charge on any atom is -0.384 e. The van der Waals surface area contributed by atoms with Crippen molar-refractivity contribution in [2.24, 2.45) is 5.92 Å². The highest BCUT2D eigenvalue weighted by atomic mass is 35.5. The monoisotopic (exact) mass is 383 g/mol. The SMILES string of the molecule is Cl.O=C1Nc2ccccc2C1C1CCN(Cc2cccc3c2NCC3)CC1. The second-order valence-corrected chi connectivity index (χ2v) is 7.80. The van der Waals surface area contributed by atoms with Crippen LogP contribution in [0.5, 0.6) is 0 Å². The number of fused-ring (bicyclic) bond motifs is 2. The lowest BCUT2D eigenvalue weighted by Gasteiger charge is -2.34. The number of benzene rings is 2. The van der Waals surface area contributed by atoms with E-state index in [0.29, 0.717) is 5.92 Å². The molecule has 0 bridgehead atoms. The maximum atomic E-state index is 12.5. The van der Waals surface area contributed by atoms with Crippen LogP contribution in [0.2, 0.25) is 0 Å². The van der Waals surface area contributed by atoms with Gasteiger partial charge in [-0.1, -0.05) is 36.4 Å². The summed E-state index contributed by atoms with van der Waals surface area (Å²) in [6.45, 7) is 4.21. The Kier molecular flexibility index (Phi) is 5.11. The number of anilines is 2. The third-order valence-corrected chi connectivity index (χ3v) is 6.27. The molecule has 2 aromatic carbocycles. The highest BCUT2D eigenvalue weighted by Gasteiger charge is 2.38. The molecule has 0 spiro atoms. The van der Waals surface area contributed by atoms with Crippen molar-refractivity contribution in [2.75, 3.05) is 30.3 Å². The molecule has 27 heavy (non-hydrogen) atoms. The average Bonchev–Trinajstić information content (AvgIpc) is 3.26. The summed E-state index contributed by atoms with van der Waals surface area (Å²) >= 11 is 0. The van der Waals surface area contributed by atoms with Crippen molar-refractivity contribution in [1.29, 1.82) is 0 Å². The Hall–Kier alpha value is -2.04. The molecule has 0 radical (unpaired) electrons. The van der Waals surface area contributed by atoms with E-state index in [1.54, 1.807) is 0 Å². The number of likely N-dealkylation sites (tertiary alicyclic amines) is 1. The van der Waals surface area contributed by atoms with Gasteiger partial charge in [-0.15, -0.1) is 12.4 Å². The lowest BCUT2D eigenvalue weighted by Crippen LogP contribution is -2.36. The number of nitrogens with zero attached hydrogens (tertiary/aromatic N) is 1. The van der Waals surface area contributed by atoms with Gasteiger partial charge in [-0.2, -0.15) is 0 Å². The molecule has 1 unspecified atom stereocenters. The molecule has 2 N–H and O–H groups in total. The molecule has 1 saturated heterocycles. The van der Waals surface area contributed by atoms with Crippen LogP contribution in [0, 0.1) is 5.92 Å². The van der Waals surface area contributed by atoms with Gasteiger partial charge in [0.1, 0.15) is 0 Å². The Morgan fingerprint density at radius 2 is 1.85 bits per heavy atom. The summed E-state index contributed by atoms with van der Waals surface area (Å²) in [6, 6.07) is 14.9. The fourth-order valence-electron chi connectivity index (χ4n) is 4.93. The fourth-order valence-corrected chi connectivity index (χ4v) is 4.93. The summed E-state index contributed by atoms with van der Waals surface area (Å²) < 4.78 is 0. The molecule has 142 valence electrons. The van der Waals surface area contributed by atoms with Crippen molar-refractivity contribution in [3.63, 3.8) is 0 Å². The normalized spacial score (nSPS) is 21.8. The second-order valence-electron chi connectivity index (χ2n) is 7.80. The van der Waals surface area contributed by atoms with Crippen LogP contribution in [0.3, 0.4) is 0 Å². The van der Waals surface area contributed by atoms with E-state index >= 15 is 0 Å².